The number of alkyl carbamates (subject to hydrolysis) is 1. The molecule has 0 bridgehead atoms. The Morgan fingerprint density at radius 1 is 1.50 bits per heavy atom. The minimum absolute atomic E-state index is 0.0571. The number of hydrogen-bond donors (Lipinski definition) is 1. The van der Waals surface area contributed by atoms with Crippen LogP contribution in [-0.4, -0.2) is 42.1 Å². The summed E-state index contributed by atoms with van der Waals surface area (Å²) in [5.41, 5.74) is -0.541. The van der Waals surface area contributed by atoms with Gasteiger partial charge >= 0.3 is 6.09 Å². The Labute approximate surface area is 96.1 Å². The molecule has 92 valence electrons. The maximum Gasteiger partial charge on any atom is 0.408 e. The second kappa shape index (κ2) is 4.31. The summed E-state index contributed by atoms with van der Waals surface area (Å²) in [5.74, 6) is 0.0587. The SMILES string of the molecule is CC1CN(C)C(=O)[C@@H]1NC(=O)OC(C)(C)C. The van der Waals surface area contributed by atoms with E-state index in [1.165, 1.54) is 0 Å². The number of nitrogens with zero attached hydrogens (tertiary/aromatic N) is 1. The van der Waals surface area contributed by atoms with Gasteiger partial charge in [-0.1, -0.05) is 6.92 Å². The summed E-state index contributed by atoms with van der Waals surface area (Å²) in [6, 6.07) is -0.458. The van der Waals surface area contributed by atoms with Gasteiger partial charge in [-0.25, -0.2) is 4.79 Å². The molecule has 1 aliphatic heterocycles. The van der Waals surface area contributed by atoms with Crippen LogP contribution in [0.15, 0.2) is 0 Å². The van der Waals surface area contributed by atoms with Crippen LogP contribution in [0.3, 0.4) is 0 Å². The first-order valence-corrected chi connectivity index (χ1v) is 5.45. The molecule has 0 saturated carbocycles. The van der Waals surface area contributed by atoms with E-state index in [-0.39, 0.29) is 11.8 Å². The summed E-state index contributed by atoms with van der Waals surface area (Å²) in [6.45, 7) is 7.97. The second-order valence-electron chi connectivity index (χ2n) is 5.32. The van der Waals surface area contributed by atoms with Gasteiger partial charge in [0.1, 0.15) is 11.6 Å². The number of ether oxygens (including phenoxy) is 1. The van der Waals surface area contributed by atoms with Crippen molar-refractivity contribution in [3.63, 3.8) is 0 Å². The summed E-state index contributed by atoms with van der Waals surface area (Å²) in [6.07, 6.45) is -0.534. The summed E-state index contributed by atoms with van der Waals surface area (Å²) in [5, 5.41) is 2.61. The molecule has 1 aliphatic rings. The van der Waals surface area contributed by atoms with E-state index < -0.39 is 17.7 Å². The summed E-state index contributed by atoms with van der Waals surface area (Å²) in [4.78, 5) is 24.8. The Morgan fingerprint density at radius 3 is 2.44 bits per heavy atom. The fraction of sp³-hybridized carbons (Fsp3) is 0.818. The summed E-state index contributed by atoms with van der Waals surface area (Å²) < 4.78 is 5.11. The lowest BCUT2D eigenvalue weighted by atomic mass is 10.1. The number of hydrogen-bond acceptors (Lipinski definition) is 3. The van der Waals surface area contributed by atoms with Crippen LogP contribution < -0.4 is 5.32 Å². The molecule has 0 aromatic heterocycles. The molecule has 2 amide bonds. The second-order valence-corrected chi connectivity index (χ2v) is 5.32. The van der Waals surface area contributed by atoms with Gasteiger partial charge in [-0.2, -0.15) is 0 Å². The summed E-state index contributed by atoms with van der Waals surface area (Å²) >= 11 is 0. The minimum atomic E-state index is -0.541. The zero-order chi connectivity index (χ0) is 12.5. The van der Waals surface area contributed by atoms with Crippen molar-refractivity contribution in [1.29, 1.82) is 0 Å². The first kappa shape index (κ1) is 12.8. The van der Waals surface area contributed by atoms with Gasteiger partial charge in [-0.05, 0) is 20.8 Å². The molecular formula is C11H20N2O3. The van der Waals surface area contributed by atoms with Crippen LogP contribution in [0.25, 0.3) is 0 Å². The van der Waals surface area contributed by atoms with Crippen molar-refractivity contribution in [3.8, 4) is 0 Å². The summed E-state index contributed by atoms with van der Waals surface area (Å²) in [7, 11) is 1.73. The van der Waals surface area contributed by atoms with Crippen LogP contribution >= 0.6 is 0 Å². The average Bonchev–Trinajstić information content (AvgIpc) is 2.29. The number of carbonyl (C=O) groups is 2. The van der Waals surface area contributed by atoms with Crippen molar-refractivity contribution in [1.82, 2.24) is 10.2 Å². The third-order valence-corrected chi connectivity index (χ3v) is 2.45. The normalized spacial score (nSPS) is 25.8. The van der Waals surface area contributed by atoms with E-state index in [2.05, 4.69) is 5.32 Å². The van der Waals surface area contributed by atoms with Crippen molar-refractivity contribution >= 4 is 12.0 Å². The molecule has 1 fully saturated rings. The Hall–Kier alpha value is -1.26. The first-order valence-electron chi connectivity index (χ1n) is 5.45. The third-order valence-electron chi connectivity index (χ3n) is 2.45. The highest BCUT2D eigenvalue weighted by atomic mass is 16.6. The Kier molecular flexibility index (Phi) is 3.45. The number of likely N-dealkylation sites (tertiary alicyclic amines) is 1. The maximum absolute atomic E-state index is 11.7. The molecule has 2 atom stereocenters. The number of amides is 2. The molecule has 0 aliphatic carbocycles. The topological polar surface area (TPSA) is 58.6 Å². The monoisotopic (exact) mass is 228 g/mol. The van der Waals surface area contributed by atoms with E-state index in [4.69, 9.17) is 4.74 Å². The van der Waals surface area contributed by atoms with Crippen LogP contribution in [0.2, 0.25) is 0 Å². The van der Waals surface area contributed by atoms with E-state index in [1.807, 2.05) is 6.92 Å². The van der Waals surface area contributed by atoms with Crippen molar-refractivity contribution in [2.75, 3.05) is 13.6 Å². The van der Waals surface area contributed by atoms with E-state index in [0.717, 1.165) is 0 Å². The van der Waals surface area contributed by atoms with Crippen LogP contribution in [0, 0.1) is 5.92 Å². The maximum atomic E-state index is 11.7. The molecule has 0 spiro atoms. The molecule has 1 rings (SSSR count). The van der Waals surface area contributed by atoms with E-state index >= 15 is 0 Å². The van der Waals surface area contributed by atoms with Gasteiger partial charge in [-0.3, -0.25) is 4.79 Å². The van der Waals surface area contributed by atoms with Gasteiger partial charge in [0.2, 0.25) is 5.91 Å². The third kappa shape index (κ3) is 3.12. The molecule has 5 heteroatoms. The number of likely N-dealkylation sites (N-methyl/N-ethyl adjacent to an activating group) is 1. The largest absolute Gasteiger partial charge is 0.444 e. The molecule has 5 nitrogen and oxygen atoms in total. The van der Waals surface area contributed by atoms with Gasteiger partial charge in [0.15, 0.2) is 0 Å². The molecule has 0 radical (unpaired) electrons. The smallest absolute Gasteiger partial charge is 0.408 e. The first-order chi connectivity index (χ1) is 7.20. The molecule has 0 aromatic rings. The van der Waals surface area contributed by atoms with Crippen LogP contribution in [0.4, 0.5) is 4.79 Å². The standard InChI is InChI=1S/C11H20N2O3/c1-7-6-13(5)9(14)8(7)12-10(15)16-11(2,3)4/h7-8H,6H2,1-5H3,(H,12,15)/t7?,8-/m1/s1. The minimum Gasteiger partial charge on any atom is -0.444 e. The highest BCUT2D eigenvalue weighted by Gasteiger charge is 2.37. The highest BCUT2D eigenvalue weighted by molar-refractivity contribution is 5.87. The molecule has 16 heavy (non-hydrogen) atoms. The van der Waals surface area contributed by atoms with E-state index in [0.29, 0.717) is 6.54 Å². The lowest BCUT2D eigenvalue weighted by Gasteiger charge is -2.22. The number of rotatable bonds is 1. The molecule has 1 saturated heterocycles. The van der Waals surface area contributed by atoms with Gasteiger partial charge in [-0.15, -0.1) is 0 Å². The van der Waals surface area contributed by atoms with Crippen LogP contribution in [0.5, 0.6) is 0 Å². The van der Waals surface area contributed by atoms with E-state index in [1.54, 1.807) is 32.7 Å². The van der Waals surface area contributed by atoms with Crippen molar-refractivity contribution in [2.24, 2.45) is 5.92 Å². The fourth-order valence-corrected chi connectivity index (χ4v) is 1.75. The Bertz CT molecular complexity index is 296. The Balaban J connectivity index is 2.55. The molecular weight excluding hydrogens is 208 g/mol. The van der Waals surface area contributed by atoms with Gasteiger partial charge < -0.3 is 15.0 Å². The zero-order valence-corrected chi connectivity index (χ0v) is 10.5. The van der Waals surface area contributed by atoms with Crippen molar-refractivity contribution in [3.05, 3.63) is 0 Å². The quantitative estimate of drug-likeness (QED) is 0.728. The predicted molar refractivity (Wildman–Crippen MR) is 60.0 cm³/mol. The van der Waals surface area contributed by atoms with Gasteiger partial charge in [0, 0.05) is 19.5 Å². The number of carbonyl (C=O) groups excluding carboxylic acids is 2. The zero-order valence-electron chi connectivity index (χ0n) is 10.5. The highest BCUT2D eigenvalue weighted by Crippen LogP contribution is 2.17. The Morgan fingerprint density at radius 2 is 2.06 bits per heavy atom. The average molecular weight is 228 g/mol. The lowest BCUT2D eigenvalue weighted by molar-refractivity contribution is -0.128. The molecule has 0 aromatic carbocycles. The van der Waals surface area contributed by atoms with E-state index in [9.17, 15) is 9.59 Å². The molecule has 1 N–H and O–H groups in total. The van der Waals surface area contributed by atoms with Crippen molar-refractivity contribution < 1.29 is 14.3 Å². The van der Waals surface area contributed by atoms with Crippen molar-refractivity contribution in [2.45, 2.75) is 39.3 Å². The van der Waals surface area contributed by atoms with Crippen LogP contribution in [0.1, 0.15) is 27.7 Å². The predicted octanol–water partition coefficient (Wildman–Crippen LogP) is 0.988. The number of nitrogens with one attached hydrogen (secondary N) is 1. The van der Waals surface area contributed by atoms with Crippen LogP contribution in [-0.2, 0) is 9.53 Å². The molecule has 1 heterocycles. The van der Waals surface area contributed by atoms with Gasteiger partial charge in [0.25, 0.3) is 0 Å². The van der Waals surface area contributed by atoms with Gasteiger partial charge in [0.05, 0.1) is 0 Å². The lowest BCUT2D eigenvalue weighted by Crippen LogP contribution is -2.45. The molecule has 1 unspecified atom stereocenters. The fourth-order valence-electron chi connectivity index (χ4n) is 1.75.